The second-order valence-corrected chi connectivity index (χ2v) is 5.00. The van der Waals surface area contributed by atoms with E-state index < -0.39 is 0 Å². The number of amides is 2. The Morgan fingerprint density at radius 2 is 2.25 bits per heavy atom. The topological polar surface area (TPSA) is 70.6 Å². The number of hydrogen-bond donors (Lipinski definition) is 3. The Morgan fingerprint density at radius 1 is 1.50 bits per heavy atom. The van der Waals surface area contributed by atoms with Gasteiger partial charge in [0, 0.05) is 25.3 Å². The van der Waals surface area contributed by atoms with Crippen molar-refractivity contribution in [1.82, 2.24) is 10.6 Å². The van der Waals surface area contributed by atoms with Crippen LogP contribution in [0.2, 0.25) is 5.02 Å². The first kappa shape index (κ1) is 16.8. The van der Waals surface area contributed by atoms with Gasteiger partial charge in [-0.05, 0) is 36.6 Å². The van der Waals surface area contributed by atoms with Crippen LogP contribution in [0.25, 0.3) is 0 Å². The Balaban J connectivity index is 2.44. The first-order valence-corrected chi connectivity index (χ1v) is 6.83. The van der Waals surface area contributed by atoms with Crippen LogP contribution >= 0.6 is 11.6 Å². The van der Waals surface area contributed by atoms with Crippen LogP contribution in [0.15, 0.2) is 18.2 Å². The average Bonchev–Trinajstić information content (AvgIpc) is 2.44. The molecule has 0 spiro atoms. The standard InChI is InChI=1S/C14H21ClN2O3/c1-10-3-4-12(15)7-11(10)8-16-14(19)17-13(9-18)5-6-20-2/h3-4,7,13,18H,5-6,8-9H2,1-2H3,(H2,16,17,19)/t13-/m1/s1. The van der Waals surface area contributed by atoms with E-state index in [1.54, 1.807) is 7.11 Å². The molecule has 6 heteroatoms. The summed E-state index contributed by atoms with van der Waals surface area (Å²) >= 11 is 5.92. The van der Waals surface area contributed by atoms with Crippen molar-refractivity contribution >= 4 is 17.6 Å². The van der Waals surface area contributed by atoms with Crippen molar-refractivity contribution in [3.8, 4) is 0 Å². The van der Waals surface area contributed by atoms with Gasteiger partial charge in [-0.25, -0.2) is 4.79 Å². The van der Waals surface area contributed by atoms with Gasteiger partial charge in [-0.15, -0.1) is 0 Å². The minimum Gasteiger partial charge on any atom is -0.394 e. The van der Waals surface area contributed by atoms with Gasteiger partial charge in [-0.3, -0.25) is 0 Å². The number of carbonyl (C=O) groups excluding carboxylic acids is 1. The molecule has 112 valence electrons. The van der Waals surface area contributed by atoms with Gasteiger partial charge >= 0.3 is 6.03 Å². The van der Waals surface area contributed by atoms with E-state index in [1.807, 2.05) is 25.1 Å². The Morgan fingerprint density at radius 3 is 2.90 bits per heavy atom. The maximum Gasteiger partial charge on any atom is 0.315 e. The molecule has 0 aromatic heterocycles. The van der Waals surface area contributed by atoms with E-state index in [0.717, 1.165) is 11.1 Å². The fourth-order valence-corrected chi connectivity index (χ4v) is 1.91. The largest absolute Gasteiger partial charge is 0.394 e. The number of carbonyl (C=O) groups is 1. The predicted octanol–water partition coefficient (Wildman–Crippen LogP) is 1.85. The van der Waals surface area contributed by atoms with Crippen molar-refractivity contribution in [2.24, 2.45) is 0 Å². The third-order valence-corrected chi connectivity index (χ3v) is 3.21. The van der Waals surface area contributed by atoms with E-state index in [-0.39, 0.29) is 18.7 Å². The molecular formula is C14H21ClN2O3. The summed E-state index contributed by atoms with van der Waals surface area (Å²) < 4.78 is 4.92. The molecule has 0 unspecified atom stereocenters. The molecule has 1 aromatic rings. The zero-order valence-corrected chi connectivity index (χ0v) is 12.5. The summed E-state index contributed by atoms with van der Waals surface area (Å²) in [6.45, 7) is 2.72. The fraction of sp³-hybridized carbons (Fsp3) is 0.500. The zero-order valence-electron chi connectivity index (χ0n) is 11.8. The lowest BCUT2D eigenvalue weighted by atomic mass is 10.1. The van der Waals surface area contributed by atoms with Crippen LogP contribution in [0.5, 0.6) is 0 Å². The lowest BCUT2D eigenvalue weighted by molar-refractivity contribution is 0.159. The van der Waals surface area contributed by atoms with E-state index in [2.05, 4.69) is 10.6 Å². The van der Waals surface area contributed by atoms with Crippen LogP contribution in [0.1, 0.15) is 17.5 Å². The van der Waals surface area contributed by atoms with E-state index in [1.165, 1.54) is 0 Å². The molecule has 5 nitrogen and oxygen atoms in total. The highest BCUT2D eigenvalue weighted by molar-refractivity contribution is 6.30. The molecule has 1 rings (SSSR count). The zero-order chi connectivity index (χ0) is 15.0. The predicted molar refractivity (Wildman–Crippen MR) is 78.9 cm³/mol. The summed E-state index contributed by atoms with van der Waals surface area (Å²) in [6, 6.07) is 4.92. The van der Waals surface area contributed by atoms with Crippen LogP contribution in [0.4, 0.5) is 4.79 Å². The summed E-state index contributed by atoms with van der Waals surface area (Å²) in [5.74, 6) is 0. The number of rotatable bonds is 7. The van der Waals surface area contributed by atoms with Gasteiger partial charge in [0.2, 0.25) is 0 Å². The minimum atomic E-state index is -0.320. The number of ether oxygens (including phenoxy) is 1. The molecule has 20 heavy (non-hydrogen) atoms. The minimum absolute atomic E-state index is 0.118. The normalized spacial score (nSPS) is 12.0. The average molecular weight is 301 g/mol. The first-order chi connectivity index (χ1) is 9.56. The van der Waals surface area contributed by atoms with Gasteiger partial charge in [-0.2, -0.15) is 0 Å². The molecule has 0 aliphatic heterocycles. The summed E-state index contributed by atoms with van der Waals surface area (Å²) in [6.07, 6.45) is 0.566. The molecule has 0 aliphatic rings. The molecule has 0 saturated carbocycles. The number of benzene rings is 1. The number of methoxy groups -OCH3 is 1. The van der Waals surface area contributed by atoms with Crippen molar-refractivity contribution < 1.29 is 14.6 Å². The van der Waals surface area contributed by atoms with Gasteiger partial charge in [0.1, 0.15) is 0 Å². The maximum atomic E-state index is 11.7. The van der Waals surface area contributed by atoms with E-state index in [0.29, 0.717) is 24.6 Å². The molecule has 1 aromatic carbocycles. The summed E-state index contributed by atoms with van der Waals surface area (Å²) in [5, 5.41) is 15.2. The number of aryl methyl sites for hydroxylation is 1. The Labute approximate surface area is 124 Å². The maximum absolute atomic E-state index is 11.7. The highest BCUT2D eigenvalue weighted by atomic mass is 35.5. The number of urea groups is 1. The third-order valence-electron chi connectivity index (χ3n) is 2.98. The van der Waals surface area contributed by atoms with Gasteiger partial charge in [-0.1, -0.05) is 17.7 Å². The van der Waals surface area contributed by atoms with Crippen molar-refractivity contribution in [2.75, 3.05) is 20.3 Å². The molecule has 0 heterocycles. The smallest absolute Gasteiger partial charge is 0.315 e. The fourth-order valence-electron chi connectivity index (χ4n) is 1.71. The number of aliphatic hydroxyl groups is 1. The van der Waals surface area contributed by atoms with E-state index >= 15 is 0 Å². The number of hydrogen-bond acceptors (Lipinski definition) is 3. The lowest BCUT2D eigenvalue weighted by Gasteiger charge is -2.16. The summed E-state index contributed by atoms with van der Waals surface area (Å²) in [7, 11) is 1.58. The second kappa shape index (κ2) is 8.79. The molecule has 0 fully saturated rings. The first-order valence-electron chi connectivity index (χ1n) is 6.46. The van der Waals surface area contributed by atoms with Crippen molar-refractivity contribution in [2.45, 2.75) is 25.9 Å². The molecule has 1 atom stereocenters. The second-order valence-electron chi connectivity index (χ2n) is 4.56. The van der Waals surface area contributed by atoms with Crippen LogP contribution in [0.3, 0.4) is 0 Å². The molecule has 3 N–H and O–H groups in total. The van der Waals surface area contributed by atoms with Gasteiger partial charge in [0.25, 0.3) is 0 Å². The number of halogens is 1. The molecule has 0 radical (unpaired) electrons. The number of aliphatic hydroxyl groups excluding tert-OH is 1. The van der Waals surface area contributed by atoms with Crippen molar-refractivity contribution in [3.05, 3.63) is 34.3 Å². The van der Waals surface area contributed by atoms with Gasteiger partial charge < -0.3 is 20.5 Å². The highest BCUT2D eigenvalue weighted by Gasteiger charge is 2.11. The summed E-state index contributed by atoms with van der Waals surface area (Å²) in [4.78, 5) is 11.7. The Hall–Kier alpha value is -1.30. The molecule has 0 saturated heterocycles. The Bertz CT molecular complexity index is 440. The van der Waals surface area contributed by atoms with Gasteiger partial charge in [0.05, 0.1) is 12.6 Å². The molecule has 0 bridgehead atoms. The number of nitrogens with one attached hydrogen (secondary N) is 2. The quantitative estimate of drug-likeness (QED) is 0.719. The van der Waals surface area contributed by atoms with Crippen LogP contribution in [-0.4, -0.2) is 37.5 Å². The Kier molecular flexibility index (Phi) is 7.36. The van der Waals surface area contributed by atoms with Crippen LogP contribution in [0, 0.1) is 6.92 Å². The van der Waals surface area contributed by atoms with E-state index in [9.17, 15) is 4.79 Å². The van der Waals surface area contributed by atoms with Crippen molar-refractivity contribution in [3.63, 3.8) is 0 Å². The molecule has 0 aliphatic carbocycles. The van der Waals surface area contributed by atoms with Crippen LogP contribution in [-0.2, 0) is 11.3 Å². The molecule has 2 amide bonds. The third kappa shape index (κ3) is 5.77. The van der Waals surface area contributed by atoms with E-state index in [4.69, 9.17) is 21.4 Å². The monoisotopic (exact) mass is 300 g/mol. The SMILES string of the molecule is COCC[C@H](CO)NC(=O)NCc1cc(Cl)ccc1C. The summed E-state index contributed by atoms with van der Waals surface area (Å²) in [5.41, 5.74) is 2.03. The van der Waals surface area contributed by atoms with Crippen LogP contribution < -0.4 is 10.6 Å². The molecular weight excluding hydrogens is 280 g/mol. The van der Waals surface area contributed by atoms with Crippen molar-refractivity contribution in [1.29, 1.82) is 0 Å². The van der Waals surface area contributed by atoms with Gasteiger partial charge in [0.15, 0.2) is 0 Å². The highest BCUT2D eigenvalue weighted by Crippen LogP contribution is 2.14. The lowest BCUT2D eigenvalue weighted by Crippen LogP contribution is -2.44.